The summed E-state index contributed by atoms with van der Waals surface area (Å²) in [4.78, 5) is 73.2. The molecule has 0 rings (SSSR count). The van der Waals surface area contributed by atoms with Crippen LogP contribution in [-0.4, -0.2) is 96.7 Å². The van der Waals surface area contributed by atoms with Crippen LogP contribution in [0.1, 0.15) is 458 Å². The summed E-state index contributed by atoms with van der Waals surface area (Å²) in [5.74, 6) is -1.34. The van der Waals surface area contributed by atoms with Crippen molar-refractivity contribution in [2.45, 2.75) is 477 Å². The molecule has 0 aliphatic heterocycles. The first kappa shape index (κ1) is 102. The van der Waals surface area contributed by atoms with Gasteiger partial charge in [-0.1, -0.05) is 407 Å². The first-order valence-electron chi connectivity index (χ1n) is 44.1. The highest BCUT2D eigenvalue weighted by molar-refractivity contribution is 7.47. The molecule has 0 fully saturated rings. The zero-order valence-corrected chi connectivity index (χ0v) is 70.0. The van der Waals surface area contributed by atoms with E-state index in [9.17, 15) is 43.2 Å². The molecule has 19 heteroatoms. The lowest BCUT2D eigenvalue weighted by Gasteiger charge is -2.21. The van der Waals surface area contributed by atoms with Gasteiger partial charge in [0.1, 0.15) is 19.3 Å². The molecule has 0 aromatic carbocycles. The minimum Gasteiger partial charge on any atom is -0.462 e. The van der Waals surface area contributed by atoms with E-state index in [2.05, 4.69) is 34.6 Å². The van der Waals surface area contributed by atoms with E-state index in [4.69, 9.17) is 37.0 Å². The number of carbonyl (C=O) groups is 4. The van der Waals surface area contributed by atoms with Crippen LogP contribution in [0.4, 0.5) is 0 Å². The van der Waals surface area contributed by atoms with Crippen LogP contribution in [0.3, 0.4) is 0 Å². The predicted octanol–water partition coefficient (Wildman–Crippen LogP) is 26.0. The van der Waals surface area contributed by atoms with Crippen LogP contribution in [0.2, 0.25) is 0 Å². The maximum Gasteiger partial charge on any atom is 0.472 e. The lowest BCUT2D eigenvalue weighted by molar-refractivity contribution is -0.161. The summed E-state index contributed by atoms with van der Waals surface area (Å²) in [5.41, 5.74) is 0. The number of esters is 4. The van der Waals surface area contributed by atoms with Crippen LogP contribution >= 0.6 is 15.6 Å². The van der Waals surface area contributed by atoms with E-state index in [1.165, 1.54) is 283 Å². The normalized spacial score (nSPS) is 13.8. The highest BCUT2D eigenvalue weighted by Gasteiger charge is 2.30. The van der Waals surface area contributed by atoms with Crippen molar-refractivity contribution in [3.8, 4) is 0 Å². The minimum absolute atomic E-state index is 0.108. The number of ether oxygens (including phenoxy) is 4. The molecule has 104 heavy (non-hydrogen) atoms. The lowest BCUT2D eigenvalue weighted by Crippen LogP contribution is -2.30. The molecule has 5 atom stereocenters. The van der Waals surface area contributed by atoms with Gasteiger partial charge in [0.25, 0.3) is 0 Å². The Morgan fingerprint density at radius 1 is 0.260 bits per heavy atom. The Kier molecular flexibility index (Phi) is 76.3. The van der Waals surface area contributed by atoms with Crippen molar-refractivity contribution in [2.24, 2.45) is 5.92 Å². The number of aliphatic hydroxyl groups excluding tert-OH is 1. The summed E-state index contributed by atoms with van der Waals surface area (Å²) in [5, 5.41) is 10.7. The van der Waals surface area contributed by atoms with Crippen molar-refractivity contribution in [3.05, 3.63) is 0 Å². The van der Waals surface area contributed by atoms with Crippen LogP contribution in [-0.2, 0) is 65.4 Å². The van der Waals surface area contributed by atoms with Gasteiger partial charge in [-0.05, 0) is 31.6 Å². The summed E-state index contributed by atoms with van der Waals surface area (Å²) < 4.78 is 68.9. The van der Waals surface area contributed by atoms with Gasteiger partial charge < -0.3 is 33.8 Å². The van der Waals surface area contributed by atoms with E-state index in [0.717, 1.165) is 95.8 Å². The van der Waals surface area contributed by atoms with E-state index < -0.39 is 97.5 Å². The van der Waals surface area contributed by atoms with Crippen molar-refractivity contribution in [1.82, 2.24) is 0 Å². The molecule has 0 saturated carbocycles. The molecule has 0 spiro atoms. The molecule has 0 aromatic rings. The Morgan fingerprint density at radius 3 is 0.654 bits per heavy atom. The Labute approximate surface area is 638 Å². The van der Waals surface area contributed by atoms with Crippen molar-refractivity contribution in [3.63, 3.8) is 0 Å². The first-order chi connectivity index (χ1) is 50.5. The second-order valence-corrected chi connectivity index (χ2v) is 34.0. The zero-order chi connectivity index (χ0) is 76.2. The third-order valence-electron chi connectivity index (χ3n) is 20.0. The summed E-state index contributed by atoms with van der Waals surface area (Å²) in [7, 11) is -9.93. The molecular formula is C85H166O17P2. The average Bonchev–Trinajstić information content (AvgIpc) is 0.970. The molecule has 0 aliphatic carbocycles. The molecule has 0 saturated heterocycles. The minimum atomic E-state index is -4.96. The fourth-order valence-corrected chi connectivity index (χ4v) is 14.9. The van der Waals surface area contributed by atoms with Gasteiger partial charge in [-0.25, -0.2) is 9.13 Å². The van der Waals surface area contributed by atoms with E-state index in [0.29, 0.717) is 25.7 Å². The standard InChI is InChI=1S/C85H166O17P2/c1-6-9-12-15-18-21-24-27-30-31-32-33-34-35-36-38-41-44-51-56-61-66-71-85(90)101-80(74-95-82(87)68-63-58-53-48-42-40-37-28-25-22-19-16-13-10-7-2)76-99-103(91,92)97-72-79(86)73-98-104(93,94)100-77-81(75-96-83(88)69-64-59-54-49-46-45-47-52-57-62-67-78(4)5)102-84(89)70-65-60-55-50-43-39-29-26-23-20-17-14-11-8-3/h78-81,86H,6-77H2,1-5H3,(H,91,92)(H,93,94)/t79-,80-,81-/m1/s1. The fourth-order valence-electron chi connectivity index (χ4n) is 13.3. The molecule has 0 bridgehead atoms. The summed E-state index contributed by atoms with van der Waals surface area (Å²) in [6, 6.07) is 0. The quantitative estimate of drug-likeness (QED) is 0.0222. The van der Waals surface area contributed by atoms with Gasteiger partial charge in [0.2, 0.25) is 0 Å². The van der Waals surface area contributed by atoms with Crippen molar-refractivity contribution < 1.29 is 80.2 Å². The number of unbranched alkanes of at least 4 members (excludes halogenated alkanes) is 57. The molecular weight excluding hydrogens is 1350 g/mol. The monoisotopic (exact) mass is 1520 g/mol. The number of hydrogen-bond donors (Lipinski definition) is 3. The highest BCUT2D eigenvalue weighted by Crippen LogP contribution is 2.45. The number of phosphoric ester groups is 2. The number of aliphatic hydroxyl groups is 1. The highest BCUT2D eigenvalue weighted by atomic mass is 31.2. The van der Waals surface area contributed by atoms with Gasteiger partial charge >= 0.3 is 39.5 Å². The number of rotatable bonds is 85. The first-order valence-corrected chi connectivity index (χ1v) is 47.1. The number of hydrogen-bond acceptors (Lipinski definition) is 15. The summed E-state index contributed by atoms with van der Waals surface area (Å²) >= 11 is 0. The van der Waals surface area contributed by atoms with E-state index in [1.54, 1.807) is 0 Å². The maximum absolute atomic E-state index is 13.1. The smallest absolute Gasteiger partial charge is 0.462 e. The van der Waals surface area contributed by atoms with Crippen molar-refractivity contribution >= 4 is 39.5 Å². The zero-order valence-electron chi connectivity index (χ0n) is 68.2. The molecule has 3 N–H and O–H groups in total. The molecule has 0 aromatic heterocycles. The lowest BCUT2D eigenvalue weighted by atomic mass is 10.0. The molecule has 618 valence electrons. The molecule has 2 unspecified atom stereocenters. The molecule has 17 nitrogen and oxygen atoms in total. The molecule has 0 amide bonds. The Balaban J connectivity index is 5.23. The van der Waals surface area contributed by atoms with Gasteiger partial charge in [-0.15, -0.1) is 0 Å². The van der Waals surface area contributed by atoms with Crippen LogP contribution < -0.4 is 0 Å². The molecule has 0 aliphatic rings. The Hall–Kier alpha value is -1.94. The van der Waals surface area contributed by atoms with E-state index in [-0.39, 0.29) is 25.7 Å². The van der Waals surface area contributed by atoms with Gasteiger partial charge in [-0.3, -0.25) is 37.3 Å². The Bertz CT molecular complexity index is 1980. The summed E-state index contributed by atoms with van der Waals surface area (Å²) in [6.45, 7) is 7.35. The van der Waals surface area contributed by atoms with Gasteiger partial charge in [-0.2, -0.15) is 0 Å². The number of carbonyl (C=O) groups excluding carboxylic acids is 4. The second-order valence-electron chi connectivity index (χ2n) is 31.1. The van der Waals surface area contributed by atoms with Gasteiger partial charge in [0, 0.05) is 25.7 Å². The third-order valence-corrected chi connectivity index (χ3v) is 21.9. The second kappa shape index (κ2) is 77.8. The average molecular weight is 1520 g/mol. The van der Waals surface area contributed by atoms with Gasteiger partial charge in [0.15, 0.2) is 12.2 Å². The maximum atomic E-state index is 13.1. The molecule has 0 heterocycles. The topological polar surface area (TPSA) is 237 Å². The number of phosphoric acid groups is 2. The predicted molar refractivity (Wildman–Crippen MR) is 428 cm³/mol. The largest absolute Gasteiger partial charge is 0.472 e. The SMILES string of the molecule is CCCCCCCCCCCCCCCCCCCCCCCCC(=O)O[C@H](COC(=O)CCCCCCCCCCCCCCCCC)COP(=O)(O)OC[C@@H](O)COP(=O)(O)OC[C@@H](COC(=O)CCCCCCCCCCCCC(C)C)OC(=O)CCCCCCCCCCCCCCCC. The molecule has 0 radical (unpaired) electrons. The van der Waals surface area contributed by atoms with E-state index >= 15 is 0 Å². The summed E-state index contributed by atoms with van der Waals surface area (Å²) in [6.07, 6.45) is 70.8. The Morgan fingerprint density at radius 2 is 0.442 bits per heavy atom. The third kappa shape index (κ3) is 78.2. The van der Waals surface area contributed by atoms with Crippen LogP contribution in [0.25, 0.3) is 0 Å². The van der Waals surface area contributed by atoms with Crippen LogP contribution in [0.5, 0.6) is 0 Å². The fraction of sp³-hybridized carbons (Fsp3) is 0.953. The van der Waals surface area contributed by atoms with Crippen LogP contribution in [0, 0.1) is 5.92 Å². The van der Waals surface area contributed by atoms with Crippen LogP contribution in [0.15, 0.2) is 0 Å². The van der Waals surface area contributed by atoms with E-state index in [1.807, 2.05) is 0 Å². The van der Waals surface area contributed by atoms with Crippen molar-refractivity contribution in [1.29, 1.82) is 0 Å². The van der Waals surface area contributed by atoms with Crippen molar-refractivity contribution in [2.75, 3.05) is 39.6 Å². The van der Waals surface area contributed by atoms with Gasteiger partial charge in [0.05, 0.1) is 26.4 Å².